The van der Waals surface area contributed by atoms with Gasteiger partial charge in [0.15, 0.2) is 0 Å². The number of methoxy groups -OCH3 is 2. The summed E-state index contributed by atoms with van der Waals surface area (Å²) in [6.45, 7) is 0. The lowest BCUT2D eigenvalue weighted by Crippen LogP contribution is -2.31. The second-order valence-electron chi connectivity index (χ2n) is 4.25. The van der Waals surface area contributed by atoms with E-state index in [1.807, 2.05) is 0 Å². The van der Waals surface area contributed by atoms with E-state index in [4.69, 9.17) is 11.5 Å². The van der Waals surface area contributed by atoms with Crippen LogP contribution in [-0.2, 0) is 19.1 Å². The predicted octanol–water partition coefficient (Wildman–Crippen LogP) is 0.328. The van der Waals surface area contributed by atoms with E-state index in [9.17, 15) is 9.59 Å². The monoisotopic (exact) mass is 260 g/mol. The van der Waals surface area contributed by atoms with Crippen LogP contribution in [0, 0.1) is 0 Å². The Labute approximate surface area is 108 Å². The number of unbranched alkanes of at least 4 members (excludes halogenated alkanes) is 3. The van der Waals surface area contributed by atoms with Crippen LogP contribution < -0.4 is 11.5 Å². The quantitative estimate of drug-likeness (QED) is 0.457. The van der Waals surface area contributed by atoms with E-state index in [-0.39, 0.29) is 11.9 Å². The third-order valence-corrected chi connectivity index (χ3v) is 2.79. The summed E-state index contributed by atoms with van der Waals surface area (Å²) in [5.41, 5.74) is 11.2. The van der Waals surface area contributed by atoms with E-state index in [1.54, 1.807) is 0 Å². The number of esters is 2. The second-order valence-corrected chi connectivity index (χ2v) is 4.25. The van der Waals surface area contributed by atoms with Crippen molar-refractivity contribution in [1.29, 1.82) is 0 Å². The van der Waals surface area contributed by atoms with Crippen LogP contribution >= 0.6 is 0 Å². The van der Waals surface area contributed by atoms with Crippen molar-refractivity contribution in [2.75, 3.05) is 14.2 Å². The zero-order chi connectivity index (χ0) is 14.0. The van der Waals surface area contributed by atoms with Gasteiger partial charge in [0.2, 0.25) is 0 Å². The molecule has 6 heteroatoms. The number of ether oxygens (including phenoxy) is 2. The third kappa shape index (κ3) is 7.24. The van der Waals surface area contributed by atoms with Crippen LogP contribution in [0.4, 0.5) is 0 Å². The van der Waals surface area contributed by atoms with Gasteiger partial charge in [-0.1, -0.05) is 25.7 Å². The summed E-state index contributed by atoms with van der Waals surface area (Å²) in [4.78, 5) is 22.0. The molecular weight excluding hydrogens is 236 g/mol. The molecule has 0 heterocycles. The van der Waals surface area contributed by atoms with Crippen LogP contribution in [0.25, 0.3) is 0 Å². The maximum Gasteiger partial charge on any atom is 0.322 e. The molecule has 0 amide bonds. The van der Waals surface area contributed by atoms with Crippen LogP contribution in [0.1, 0.15) is 38.5 Å². The molecule has 0 aromatic heterocycles. The normalized spacial score (nSPS) is 13.8. The Bertz CT molecular complexity index is 232. The molecular formula is C12H24N2O4. The fraction of sp³-hybridized carbons (Fsp3) is 0.833. The highest BCUT2D eigenvalue weighted by atomic mass is 16.5. The highest BCUT2D eigenvalue weighted by molar-refractivity contribution is 5.75. The van der Waals surface area contributed by atoms with Crippen molar-refractivity contribution in [1.82, 2.24) is 0 Å². The summed E-state index contributed by atoms with van der Waals surface area (Å²) < 4.78 is 9.06. The largest absolute Gasteiger partial charge is 0.468 e. The standard InChI is InChI=1S/C12H24N2O4/c1-17-11(15)9(13)7-5-3-4-6-8-10(14)12(16)18-2/h9-10H,3-8,13-14H2,1-2H3. The first-order valence-corrected chi connectivity index (χ1v) is 6.19. The van der Waals surface area contributed by atoms with Gasteiger partial charge in [-0.15, -0.1) is 0 Å². The smallest absolute Gasteiger partial charge is 0.322 e. The van der Waals surface area contributed by atoms with Crippen molar-refractivity contribution in [3.8, 4) is 0 Å². The average Bonchev–Trinajstić information content (AvgIpc) is 2.39. The van der Waals surface area contributed by atoms with Crippen LogP contribution in [-0.4, -0.2) is 38.2 Å². The molecule has 0 bridgehead atoms. The number of rotatable bonds is 9. The molecule has 2 unspecified atom stereocenters. The molecule has 0 rings (SSSR count). The molecule has 0 fully saturated rings. The van der Waals surface area contributed by atoms with E-state index in [0.29, 0.717) is 12.8 Å². The van der Waals surface area contributed by atoms with Crippen molar-refractivity contribution in [2.45, 2.75) is 50.6 Å². The molecule has 18 heavy (non-hydrogen) atoms. The van der Waals surface area contributed by atoms with Crippen molar-refractivity contribution in [3.63, 3.8) is 0 Å². The molecule has 2 atom stereocenters. The van der Waals surface area contributed by atoms with Gasteiger partial charge in [0.1, 0.15) is 12.1 Å². The van der Waals surface area contributed by atoms with E-state index in [0.717, 1.165) is 25.7 Å². The Balaban J connectivity index is 3.46. The van der Waals surface area contributed by atoms with Gasteiger partial charge in [-0.3, -0.25) is 9.59 Å². The van der Waals surface area contributed by atoms with E-state index in [2.05, 4.69) is 9.47 Å². The van der Waals surface area contributed by atoms with E-state index >= 15 is 0 Å². The van der Waals surface area contributed by atoms with Crippen LogP contribution in [0.5, 0.6) is 0 Å². The number of nitrogens with two attached hydrogens (primary N) is 2. The molecule has 0 aromatic carbocycles. The molecule has 106 valence electrons. The summed E-state index contributed by atoms with van der Waals surface area (Å²) in [6, 6.07) is -1.07. The van der Waals surface area contributed by atoms with Gasteiger partial charge in [-0.25, -0.2) is 0 Å². The minimum atomic E-state index is -0.535. The van der Waals surface area contributed by atoms with Crippen LogP contribution in [0.15, 0.2) is 0 Å². The molecule has 0 aliphatic carbocycles. The van der Waals surface area contributed by atoms with Gasteiger partial charge in [0.05, 0.1) is 14.2 Å². The highest BCUT2D eigenvalue weighted by Crippen LogP contribution is 2.08. The SMILES string of the molecule is COC(=O)C(N)CCCCCCC(N)C(=O)OC. The van der Waals surface area contributed by atoms with Crippen molar-refractivity contribution < 1.29 is 19.1 Å². The fourth-order valence-corrected chi connectivity index (χ4v) is 1.62. The summed E-state index contributed by atoms with van der Waals surface area (Å²) in [7, 11) is 2.66. The molecule has 0 radical (unpaired) electrons. The number of hydrogen-bond acceptors (Lipinski definition) is 6. The van der Waals surface area contributed by atoms with Crippen molar-refractivity contribution in [2.24, 2.45) is 11.5 Å². The van der Waals surface area contributed by atoms with Gasteiger partial charge in [-0.05, 0) is 12.8 Å². The first-order chi connectivity index (χ1) is 8.52. The minimum Gasteiger partial charge on any atom is -0.468 e. The number of carbonyl (C=O) groups is 2. The minimum absolute atomic E-state index is 0.372. The summed E-state index contributed by atoms with van der Waals surface area (Å²) in [6.07, 6.45) is 4.89. The van der Waals surface area contributed by atoms with Gasteiger partial charge < -0.3 is 20.9 Å². The molecule has 0 spiro atoms. The lowest BCUT2D eigenvalue weighted by Gasteiger charge is -2.10. The average molecular weight is 260 g/mol. The Kier molecular flexibility index (Phi) is 9.22. The van der Waals surface area contributed by atoms with Gasteiger partial charge in [0.25, 0.3) is 0 Å². The summed E-state index contributed by atoms with van der Waals surface area (Å²) >= 11 is 0. The van der Waals surface area contributed by atoms with Gasteiger partial charge >= 0.3 is 11.9 Å². The first kappa shape index (κ1) is 16.9. The van der Waals surface area contributed by atoms with Crippen LogP contribution in [0.2, 0.25) is 0 Å². The Morgan fingerprint density at radius 1 is 0.833 bits per heavy atom. The van der Waals surface area contributed by atoms with Crippen LogP contribution in [0.3, 0.4) is 0 Å². The second kappa shape index (κ2) is 9.85. The Morgan fingerprint density at radius 3 is 1.44 bits per heavy atom. The number of carbonyl (C=O) groups excluding carboxylic acids is 2. The summed E-state index contributed by atoms with van der Waals surface area (Å²) in [5, 5.41) is 0. The molecule has 0 aliphatic rings. The van der Waals surface area contributed by atoms with Crippen molar-refractivity contribution in [3.05, 3.63) is 0 Å². The fourth-order valence-electron chi connectivity index (χ4n) is 1.62. The van der Waals surface area contributed by atoms with Gasteiger partial charge in [0, 0.05) is 0 Å². The molecule has 0 saturated carbocycles. The topological polar surface area (TPSA) is 105 Å². The molecule has 0 saturated heterocycles. The van der Waals surface area contributed by atoms with E-state index < -0.39 is 12.1 Å². The van der Waals surface area contributed by atoms with Gasteiger partial charge in [-0.2, -0.15) is 0 Å². The third-order valence-electron chi connectivity index (χ3n) is 2.79. The molecule has 4 N–H and O–H groups in total. The Hall–Kier alpha value is -1.14. The maximum atomic E-state index is 11.0. The molecule has 6 nitrogen and oxygen atoms in total. The predicted molar refractivity (Wildman–Crippen MR) is 67.7 cm³/mol. The lowest BCUT2D eigenvalue weighted by molar-refractivity contribution is -0.143. The summed E-state index contributed by atoms with van der Waals surface area (Å²) in [5.74, 6) is -0.745. The zero-order valence-electron chi connectivity index (χ0n) is 11.2. The highest BCUT2D eigenvalue weighted by Gasteiger charge is 2.14. The maximum absolute atomic E-state index is 11.0. The van der Waals surface area contributed by atoms with E-state index in [1.165, 1.54) is 14.2 Å². The molecule has 0 aliphatic heterocycles. The Morgan fingerprint density at radius 2 is 1.17 bits per heavy atom. The first-order valence-electron chi connectivity index (χ1n) is 6.19. The zero-order valence-corrected chi connectivity index (χ0v) is 11.2. The number of hydrogen-bond donors (Lipinski definition) is 2. The molecule has 0 aromatic rings. The lowest BCUT2D eigenvalue weighted by atomic mass is 10.0. The van der Waals surface area contributed by atoms with Crippen molar-refractivity contribution >= 4 is 11.9 Å².